The van der Waals surface area contributed by atoms with Gasteiger partial charge in [0.15, 0.2) is 5.41 Å². The molecule has 2 atom stereocenters. The van der Waals surface area contributed by atoms with Gasteiger partial charge in [-0.25, -0.2) is 4.79 Å². The van der Waals surface area contributed by atoms with Crippen LogP contribution in [0.25, 0.3) is 0 Å². The minimum Gasteiger partial charge on any atom is -0.480 e. The number of alkyl halides is 3. The molecule has 1 rings (SSSR count). The quantitative estimate of drug-likeness (QED) is 0.690. The smallest absolute Gasteiger partial charge is 0.404 e. The Balaban J connectivity index is 2.83. The molecule has 3 N–H and O–H groups in total. The van der Waals surface area contributed by atoms with Gasteiger partial charge in [0.2, 0.25) is 5.91 Å². The molecule has 0 bridgehead atoms. The Kier molecular flexibility index (Phi) is 5.38. The summed E-state index contributed by atoms with van der Waals surface area (Å²) in [5.74, 6) is -2.56. The molecule has 0 spiro atoms. The number of halogens is 3. The van der Waals surface area contributed by atoms with Crippen molar-refractivity contribution in [3.63, 3.8) is 0 Å². The summed E-state index contributed by atoms with van der Waals surface area (Å²) >= 11 is 0. The largest absolute Gasteiger partial charge is 0.480 e. The van der Waals surface area contributed by atoms with Crippen LogP contribution >= 0.6 is 0 Å². The van der Waals surface area contributed by atoms with Crippen molar-refractivity contribution >= 4 is 11.9 Å². The Labute approximate surface area is 114 Å². The zero-order valence-electron chi connectivity index (χ0n) is 11.2. The van der Waals surface area contributed by atoms with Crippen LogP contribution in [-0.4, -0.2) is 42.3 Å². The molecule has 1 saturated heterocycles. The maximum Gasteiger partial charge on any atom is 0.404 e. The van der Waals surface area contributed by atoms with Gasteiger partial charge in [0, 0.05) is 6.54 Å². The Morgan fingerprint density at radius 1 is 1.45 bits per heavy atom. The fourth-order valence-electron chi connectivity index (χ4n) is 2.22. The first-order chi connectivity index (χ1) is 9.24. The maximum atomic E-state index is 13.1. The summed E-state index contributed by atoms with van der Waals surface area (Å²) in [5.41, 5.74) is -2.52. The number of carboxylic acid groups (broad SMARTS) is 1. The van der Waals surface area contributed by atoms with Gasteiger partial charge in [-0.2, -0.15) is 13.2 Å². The van der Waals surface area contributed by atoms with Gasteiger partial charge in [-0.15, -0.1) is 0 Å². The zero-order valence-corrected chi connectivity index (χ0v) is 11.2. The van der Waals surface area contributed by atoms with Crippen molar-refractivity contribution in [2.45, 2.75) is 44.8 Å². The van der Waals surface area contributed by atoms with Crippen LogP contribution in [0.2, 0.25) is 0 Å². The molecular formula is C12H19F3N2O3. The van der Waals surface area contributed by atoms with Crippen molar-refractivity contribution < 1.29 is 27.9 Å². The number of nitrogens with one attached hydrogen (secondary N) is 2. The predicted octanol–water partition coefficient (Wildman–Crippen LogP) is 1.29. The summed E-state index contributed by atoms with van der Waals surface area (Å²) < 4.78 is 39.4. The second-order valence-corrected chi connectivity index (χ2v) is 5.01. The summed E-state index contributed by atoms with van der Waals surface area (Å²) in [6.45, 7) is 1.40. The van der Waals surface area contributed by atoms with Gasteiger partial charge in [0.05, 0.1) is 0 Å². The third kappa shape index (κ3) is 3.41. The molecule has 0 aromatic carbocycles. The summed E-state index contributed by atoms with van der Waals surface area (Å²) in [6, 6.07) is -1.28. The average Bonchev–Trinajstić information content (AvgIpc) is 2.83. The number of aliphatic carboxylic acids is 1. The van der Waals surface area contributed by atoms with E-state index in [0.29, 0.717) is 12.8 Å². The van der Waals surface area contributed by atoms with E-state index in [1.54, 1.807) is 0 Å². The van der Waals surface area contributed by atoms with Gasteiger partial charge >= 0.3 is 12.1 Å². The minimum atomic E-state index is -4.70. The van der Waals surface area contributed by atoms with Crippen LogP contribution in [-0.2, 0) is 9.59 Å². The molecule has 116 valence electrons. The molecule has 2 unspecified atom stereocenters. The van der Waals surface area contributed by atoms with Crippen molar-refractivity contribution in [3.8, 4) is 0 Å². The zero-order chi connectivity index (χ0) is 15.4. The van der Waals surface area contributed by atoms with E-state index < -0.39 is 36.1 Å². The molecule has 0 saturated carbocycles. The number of unbranched alkanes of at least 4 members (excludes halogenated alkanes) is 1. The van der Waals surface area contributed by atoms with Crippen LogP contribution < -0.4 is 10.6 Å². The first-order valence-corrected chi connectivity index (χ1v) is 6.56. The lowest BCUT2D eigenvalue weighted by atomic mass is 9.84. The molecule has 0 aliphatic carbocycles. The van der Waals surface area contributed by atoms with Gasteiger partial charge < -0.3 is 15.7 Å². The Morgan fingerprint density at radius 3 is 2.50 bits per heavy atom. The normalized spacial score (nSPS) is 24.4. The summed E-state index contributed by atoms with van der Waals surface area (Å²) in [6.07, 6.45) is -3.73. The van der Waals surface area contributed by atoms with Crippen LogP contribution in [0.5, 0.6) is 0 Å². The molecule has 1 aliphatic heterocycles. The molecule has 0 radical (unpaired) electrons. The lowest BCUT2D eigenvalue weighted by Crippen LogP contribution is -2.55. The number of carboxylic acids is 1. The first-order valence-electron chi connectivity index (χ1n) is 6.56. The van der Waals surface area contributed by atoms with Crippen LogP contribution in [0.1, 0.15) is 32.6 Å². The highest BCUT2D eigenvalue weighted by Crippen LogP contribution is 2.43. The van der Waals surface area contributed by atoms with Gasteiger partial charge in [-0.05, 0) is 19.4 Å². The van der Waals surface area contributed by atoms with Crippen molar-refractivity contribution in [3.05, 3.63) is 0 Å². The number of rotatable bonds is 6. The standard InChI is InChI=1S/C12H19F3N2O3/c1-2-3-4-8(9(18)19)17-10(20)11(12(13,14)15)5-6-16-7-11/h8,16H,2-7H2,1H3,(H,17,20)(H,18,19). The second kappa shape index (κ2) is 6.43. The van der Waals surface area contributed by atoms with Gasteiger partial charge in [-0.3, -0.25) is 4.79 Å². The van der Waals surface area contributed by atoms with E-state index in [0.717, 1.165) is 0 Å². The van der Waals surface area contributed by atoms with Crippen LogP contribution in [0.3, 0.4) is 0 Å². The fraction of sp³-hybridized carbons (Fsp3) is 0.833. The second-order valence-electron chi connectivity index (χ2n) is 5.01. The van der Waals surface area contributed by atoms with E-state index in [1.165, 1.54) is 0 Å². The molecule has 1 fully saturated rings. The molecule has 0 aromatic heterocycles. The van der Waals surface area contributed by atoms with Crippen LogP contribution in [0.4, 0.5) is 13.2 Å². The monoisotopic (exact) mass is 296 g/mol. The van der Waals surface area contributed by atoms with Crippen molar-refractivity contribution in [1.82, 2.24) is 10.6 Å². The van der Waals surface area contributed by atoms with E-state index in [-0.39, 0.29) is 19.4 Å². The summed E-state index contributed by atoms with van der Waals surface area (Å²) in [5, 5.41) is 13.5. The van der Waals surface area contributed by atoms with Crippen LogP contribution in [0.15, 0.2) is 0 Å². The number of carbonyl (C=O) groups is 2. The summed E-state index contributed by atoms with van der Waals surface area (Å²) in [7, 11) is 0. The molecular weight excluding hydrogens is 277 g/mol. The third-order valence-corrected chi connectivity index (χ3v) is 3.58. The Morgan fingerprint density at radius 2 is 2.10 bits per heavy atom. The number of carbonyl (C=O) groups excluding carboxylic acids is 1. The van der Waals surface area contributed by atoms with E-state index in [1.807, 2.05) is 12.2 Å². The van der Waals surface area contributed by atoms with E-state index in [2.05, 4.69) is 5.32 Å². The number of hydrogen-bond donors (Lipinski definition) is 3. The Bertz CT molecular complexity index is 365. The highest BCUT2D eigenvalue weighted by molar-refractivity contribution is 5.88. The van der Waals surface area contributed by atoms with E-state index in [9.17, 15) is 22.8 Å². The molecule has 1 aliphatic rings. The molecule has 1 heterocycles. The lowest BCUT2D eigenvalue weighted by molar-refractivity contribution is -0.216. The molecule has 5 nitrogen and oxygen atoms in total. The number of amides is 1. The topological polar surface area (TPSA) is 78.4 Å². The minimum absolute atomic E-state index is 0.0830. The van der Waals surface area contributed by atoms with Gasteiger partial charge in [0.1, 0.15) is 6.04 Å². The first kappa shape index (κ1) is 16.7. The van der Waals surface area contributed by atoms with Crippen molar-refractivity contribution in [1.29, 1.82) is 0 Å². The molecule has 1 amide bonds. The van der Waals surface area contributed by atoms with Gasteiger partial charge in [0.25, 0.3) is 0 Å². The molecule has 0 aromatic rings. The van der Waals surface area contributed by atoms with E-state index in [4.69, 9.17) is 5.11 Å². The average molecular weight is 296 g/mol. The highest BCUT2D eigenvalue weighted by atomic mass is 19.4. The highest BCUT2D eigenvalue weighted by Gasteiger charge is 2.61. The van der Waals surface area contributed by atoms with Crippen LogP contribution in [0, 0.1) is 5.41 Å². The third-order valence-electron chi connectivity index (χ3n) is 3.58. The molecule has 20 heavy (non-hydrogen) atoms. The SMILES string of the molecule is CCCCC(NC(=O)C1(C(F)(F)F)CCNC1)C(=O)O. The van der Waals surface area contributed by atoms with E-state index >= 15 is 0 Å². The fourth-order valence-corrected chi connectivity index (χ4v) is 2.22. The maximum absolute atomic E-state index is 13.1. The lowest BCUT2D eigenvalue weighted by Gasteiger charge is -2.30. The summed E-state index contributed by atoms with van der Waals surface area (Å²) in [4.78, 5) is 23.0. The van der Waals surface area contributed by atoms with Crippen molar-refractivity contribution in [2.75, 3.05) is 13.1 Å². The predicted molar refractivity (Wildman–Crippen MR) is 65.1 cm³/mol. The number of hydrogen-bond acceptors (Lipinski definition) is 3. The Hall–Kier alpha value is -1.31. The van der Waals surface area contributed by atoms with Crippen molar-refractivity contribution in [2.24, 2.45) is 5.41 Å². The molecule has 8 heteroatoms. The van der Waals surface area contributed by atoms with Gasteiger partial charge in [-0.1, -0.05) is 19.8 Å².